The van der Waals surface area contributed by atoms with Crippen molar-refractivity contribution in [3.05, 3.63) is 68.4 Å². The van der Waals surface area contributed by atoms with Gasteiger partial charge in [-0.3, -0.25) is 9.78 Å². The molecule has 7 nitrogen and oxygen atoms in total. The number of aromatic nitrogens is 3. The van der Waals surface area contributed by atoms with Gasteiger partial charge in [0, 0.05) is 12.5 Å². The normalized spacial score (nSPS) is 11.0. The van der Waals surface area contributed by atoms with Crippen molar-refractivity contribution < 1.29 is 14.6 Å². The summed E-state index contributed by atoms with van der Waals surface area (Å²) < 4.78 is 11.0. The van der Waals surface area contributed by atoms with Crippen molar-refractivity contribution in [1.82, 2.24) is 15.0 Å². The van der Waals surface area contributed by atoms with Crippen LogP contribution in [0.2, 0.25) is 0 Å². The third-order valence-electron chi connectivity index (χ3n) is 4.10. The molecule has 0 spiro atoms. The van der Waals surface area contributed by atoms with Crippen LogP contribution < -0.4 is 14.3 Å². The monoisotopic (exact) mass is 383 g/mol. The summed E-state index contributed by atoms with van der Waals surface area (Å²) in [5.74, 6) is 2.15. The minimum Gasteiger partial charge on any atom is -0.497 e. The minimum absolute atomic E-state index is 0.0631. The van der Waals surface area contributed by atoms with Gasteiger partial charge in [0.05, 0.1) is 23.0 Å². The first kappa shape index (κ1) is 17.2. The van der Waals surface area contributed by atoms with E-state index in [9.17, 15) is 9.90 Å². The maximum atomic E-state index is 11.2. The fourth-order valence-electron chi connectivity index (χ4n) is 2.75. The van der Waals surface area contributed by atoms with Crippen molar-refractivity contribution in [1.29, 1.82) is 0 Å². The topological polar surface area (TPSA) is 100 Å². The van der Waals surface area contributed by atoms with Gasteiger partial charge in [0.1, 0.15) is 23.9 Å². The Balaban J connectivity index is 1.41. The first-order valence-electron chi connectivity index (χ1n) is 8.26. The number of aromatic hydroxyl groups is 1. The summed E-state index contributed by atoms with van der Waals surface area (Å²) in [4.78, 5) is 21.7. The van der Waals surface area contributed by atoms with Gasteiger partial charge in [0.25, 0.3) is 0 Å². The molecule has 0 saturated carbocycles. The van der Waals surface area contributed by atoms with Gasteiger partial charge in [0.2, 0.25) is 5.88 Å². The summed E-state index contributed by atoms with van der Waals surface area (Å²) in [5.41, 5.74) is 2.73. The largest absolute Gasteiger partial charge is 0.497 e. The minimum atomic E-state index is -0.258. The Bertz CT molecular complexity index is 1130. The number of aromatic amines is 2. The predicted molar refractivity (Wildman–Crippen MR) is 103 cm³/mol. The van der Waals surface area contributed by atoms with Gasteiger partial charge >= 0.3 is 4.87 Å². The smallest absolute Gasteiger partial charge is 0.307 e. The lowest BCUT2D eigenvalue weighted by molar-refractivity contribution is 0.297. The second-order valence-electron chi connectivity index (χ2n) is 5.96. The molecule has 0 bridgehead atoms. The van der Waals surface area contributed by atoms with E-state index in [1.54, 1.807) is 7.11 Å². The van der Waals surface area contributed by atoms with Crippen molar-refractivity contribution in [3.63, 3.8) is 0 Å². The van der Waals surface area contributed by atoms with Gasteiger partial charge in [-0.25, -0.2) is 4.98 Å². The van der Waals surface area contributed by atoms with E-state index in [4.69, 9.17) is 9.47 Å². The average Bonchev–Trinajstić information content (AvgIpc) is 3.22. The molecule has 0 atom stereocenters. The number of nitrogens with zero attached hydrogens (tertiary/aromatic N) is 1. The van der Waals surface area contributed by atoms with E-state index in [-0.39, 0.29) is 10.8 Å². The van der Waals surface area contributed by atoms with Gasteiger partial charge in [-0.05, 0) is 29.8 Å². The molecule has 2 heterocycles. The van der Waals surface area contributed by atoms with Gasteiger partial charge in [0.15, 0.2) is 0 Å². The number of benzene rings is 2. The van der Waals surface area contributed by atoms with Crippen LogP contribution >= 0.6 is 11.3 Å². The maximum Gasteiger partial charge on any atom is 0.307 e. The zero-order valence-corrected chi connectivity index (χ0v) is 15.3. The molecule has 8 heteroatoms. The lowest BCUT2D eigenvalue weighted by atomic mass is 10.1. The Morgan fingerprint density at radius 3 is 2.59 bits per heavy atom. The molecule has 0 fully saturated rings. The van der Waals surface area contributed by atoms with Crippen molar-refractivity contribution in [3.8, 4) is 17.4 Å². The molecule has 0 saturated heterocycles. The molecule has 2 aromatic heterocycles. The third-order valence-corrected chi connectivity index (χ3v) is 4.97. The Morgan fingerprint density at radius 1 is 1.11 bits per heavy atom. The number of hydrogen-bond acceptors (Lipinski definition) is 6. The molecular formula is C19H17N3O4S. The Labute approximate surface area is 158 Å². The van der Waals surface area contributed by atoms with Crippen LogP contribution in [-0.2, 0) is 13.0 Å². The van der Waals surface area contributed by atoms with Gasteiger partial charge < -0.3 is 19.6 Å². The molecule has 27 heavy (non-hydrogen) atoms. The Morgan fingerprint density at radius 2 is 1.89 bits per heavy atom. The van der Waals surface area contributed by atoms with Crippen molar-refractivity contribution in [2.45, 2.75) is 13.0 Å². The van der Waals surface area contributed by atoms with E-state index >= 15 is 0 Å². The van der Waals surface area contributed by atoms with E-state index in [1.807, 2.05) is 42.5 Å². The van der Waals surface area contributed by atoms with E-state index in [1.165, 1.54) is 0 Å². The number of nitrogens with one attached hydrogen (secondary N) is 2. The van der Waals surface area contributed by atoms with Crippen LogP contribution in [-0.4, -0.2) is 27.2 Å². The number of fused-ring (bicyclic) bond motifs is 1. The van der Waals surface area contributed by atoms with Crippen molar-refractivity contribution in [2.75, 3.05) is 7.11 Å². The quantitative estimate of drug-likeness (QED) is 0.475. The number of methoxy groups -OCH3 is 1. The highest BCUT2D eigenvalue weighted by molar-refractivity contribution is 7.09. The van der Waals surface area contributed by atoms with Gasteiger partial charge in [-0.15, -0.1) is 0 Å². The molecule has 2 aromatic carbocycles. The fraction of sp³-hybridized carbons (Fsp3) is 0.158. The van der Waals surface area contributed by atoms with Crippen LogP contribution in [0.1, 0.15) is 16.3 Å². The molecule has 4 rings (SSSR count). The number of thiazole rings is 1. The molecule has 0 aliphatic carbocycles. The number of rotatable bonds is 6. The number of ether oxygens (including phenoxy) is 2. The zero-order chi connectivity index (χ0) is 18.8. The van der Waals surface area contributed by atoms with Gasteiger partial charge in [-0.1, -0.05) is 23.5 Å². The summed E-state index contributed by atoms with van der Waals surface area (Å²) in [6, 6.07) is 13.2. The second-order valence-corrected chi connectivity index (χ2v) is 7.03. The Kier molecular flexibility index (Phi) is 4.55. The molecule has 138 valence electrons. The predicted octanol–water partition coefficient (Wildman–Crippen LogP) is 3.20. The molecule has 4 aromatic rings. The first-order chi connectivity index (χ1) is 13.1. The highest BCUT2D eigenvalue weighted by Gasteiger charge is 2.08. The average molecular weight is 383 g/mol. The SMILES string of the molecule is COc1ccc2nc(COc3ccc(Cc4sc(=O)[nH]c4O)cc3)[nH]c2c1. The van der Waals surface area contributed by atoms with Crippen LogP contribution in [0.4, 0.5) is 0 Å². The summed E-state index contributed by atoms with van der Waals surface area (Å²) >= 11 is 1.01. The third kappa shape index (κ3) is 3.80. The van der Waals surface area contributed by atoms with Crippen LogP contribution in [0.15, 0.2) is 47.3 Å². The van der Waals surface area contributed by atoms with E-state index in [0.29, 0.717) is 23.7 Å². The van der Waals surface area contributed by atoms with Crippen LogP contribution in [0.25, 0.3) is 11.0 Å². The van der Waals surface area contributed by atoms with E-state index in [0.717, 1.165) is 39.5 Å². The molecule has 3 N–H and O–H groups in total. The van der Waals surface area contributed by atoms with Crippen LogP contribution in [0, 0.1) is 0 Å². The van der Waals surface area contributed by atoms with E-state index in [2.05, 4.69) is 15.0 Å². The highest BCUT2D eigenvalue weighted by Crippen LogP contribution is 2.23. The molecule has 0 amide bonds. The number of H-pyrrole nitrogens is 2. The molecule has 0 radical (unpaired) electrons. The fourth-order valence-corrected chi connectivity index (χ4v) is 3.51. The van der Waals surface area contributed by atoms with Crippen LogP contribution in [0.5, 0.6) is 17.4 Å². The van der Waals surface area contributed by atoms with Crippen LogP contribution in [0.3, 0.4) is 0 Å². The number of hydrogen-bond donors (Lipinski definition) is 3. The van der Waals surface area contributed by atoms with E-state index < -0.39 is 0 Å². The lowest BCUT2D eigenvalue weighted by Crippen LogP contribution is -1.97. The number of imidazole rings is 1. The summed E-state index contributed by atoms with van der Waals surface area (Å²) in [7, 11) is 1.63. The zero-order valence-electron chi connectivity index (χ0n) is 14.5. The van der Waals surface area contributed by atoms with Gasteiger partial charge in [-0.2, -0.15) is 0 Å². The summed E-state index contributed by atoms with van der Waals surface area (Å²) in [6.45, 7) is 0.316. The summed E-state index contributed by atoms with van der Waals surface area (Å²) in [5, 5.41) is 9.66. The lowest BCUT2D eigenvalue weighted by Gasteiger charge is -2.05. The molecular weight excluding hydrogens is 366 g/mol. The van der Waals surface area contributed by atoms with Crippen molar-refractivity contribution in [2.24, 2.45) is 0 Å². The first-order valence-corrected chi connectivity index (χ1v) is 9.07. The molecule has 0 aliphatic rings. The second kappa shape index (κ2) is 7.16. The van der Waals surface area contributed by atoms with Crippen molar-refractivity contribution >= 4 is 22.4 Å². The Hall–Kier alpha value is -3.26. The summed E-state index contributed by atoms with van der Waals surface area (Å²) in [6.07, 6.45) is 0.487. The molecule has 0 aliphatic heterocycles. The highest BCUT2D eigenvalue weighted by atomic mass is 32.1. The standard InChI is InChI=1S/C19H17N3O4S/c1-25-13-6-7-14-15(9-13)21-17(20-14)10-26-12-4-2-11(3-5-12)8-16-18(23)22-19(24)27-16/h2-7,9,23H,8,10H2,1H3,(H,20,21)(H,22,24). The maximum absolute atomic E-state index is 11.2. The molecule has 0 unspecified atom stereocenters.